The van der Waals surface area contributed by atoms with E-state index in [0.717, 1.165) is 38.3 Å². The molecule has 1 aliphatic rings. The number of likely N-dealkylation sites (tertiary alicyclic amines) is 1. The molecule has 2 atom stereocenters. The number of ether oxygens (including phenoxy) is 1. The molecule has 0 bridgehead atoms. The molecular weight excluding hydrogens is 328 g/mol. The van der Waals surface area contributed by atoms with Crippen molar-refractivity contribution in [3.63, 3.8) is 0 Å². The van der Waals surface area contributed by atoms with Gasteiger partial charge < -0.3 is 19.9 Å². The molecule has 0 aromatic carbocycles. The maximum atomic E-state index is 12.6. The molecule has 1 saturated heterocycles. The Balaban J connectivity index is 1.91. The lowest BCUT2D eigenvalue weighted by molar-refractivity contribution is -0.127. The predicted octanol–water partition coefficient (Wildman–Crippen LogP) is 1.73. The number of carbonyl (C=O) groups is 1. The minimum absolute atomic E-state index is 0.0344. The third kappa shape index (κ3) is 7.30. The van der Waals surface area contributed by atoms with Gasteiger partial charge in [0, 0.05) is 44.8 Å². The molecule has 1 aromatic heterocycles. The number of likely N-dealkylation sites (N-methyl/N-ethyl adjacent to an activating group) is 1. The number of nitrogens with one attached hydrogen (secondary N) is 1. The highest BCUT2D eigenvalue weighted by Crippen LogP contribution is 2.24. The van der Waals surface area contributed by atoms with Gasteiger partial charge in [0.25, 0.3) is 0 Å². The van der Waals surface area contributed by atoms with Crippen LogP contribution in [0.25, 0.3) is 0 Å². The Morgan fingerprint density at radius 1 is 1.42 bits per heavy atom. The molecule has 6 nitrogen and oxygen atoms in total. The van der Waals surface area contributed by atoms with Gasteiger partial charge in [-0.2, -0.15) is 0 Å². The Morgan fingerprint density at radius 2 is 2.23 bits per heavy atom. The monoisotopic (exact) mass is 362 g/mol. The quantitative estimate of drug-likeness (QED) is 0.725. The first-order valence-electron chi connectivity index (χ1n) is 9.61. The van der Waals surface area contributed by atoms with Crippen molar-refractivity contribution in [2.24, 2.45) is 17.8 Å². The van der Waals surface area contributed by atoms with E-state index in [4.69, 9.17) is 4.74 Å². The fraction of sp³-hybridized carbons (Fsp3) is 0.700. The summed E-state index contributed by atoms with van der Waals surface area (Å²) in [6, 6.07) is 3.80. The fourth-order valence-corrected chi connectivity index (χ4v) is 3.47. The lowest BCUT2D eigenvalue weighted by atomic mass is 9.88. The predicted molar refractivity (Wildman–Crippen MR) is 104 cm³/mol. The van der Waals surface area contributed by atoms with Crippen molar-refractivity contribution in [1.29, 1.82) is 0 Å². The number of pyridine rings is 1. The van der Waals surface area contributed by atoms with Crippen molar-refractivity contribution in [1.82, 2.24) is 20.1 Å². The average molecular weight is 363 g/mol. The molecule has 0 aliphatic carbocycles. The third-order valence-corrected chi connectivity index (χ3v) is 4.59. The molecule has 0 unspecified atom stereocenters. The summed E-state index contributed by atoms with van der Waals surface area (Å²) in [4.78, 5) is 21.2. The summed E-state index contributed by atoms with van der Waals surface area (Å²) >= 11 is 0. The van der Waals surface area contributed by atoms with Crippen molar-refractivity contribution in [2.45, 2.75) is 20.3 Å². The molecule has 6 heteroatoms. The Kier molecular flexibility index (Phi) is 8.32. The lowest BCUT2D eigenvalue weighted by Crippen LogP contribution is -2.49. The third-order valence-electron chi connectivity index (χ3n) is 4.59. The highest BCUT2D eigenvalue weighted by molar-refractivity contribution is 5.79. The standard InChI is InChI=1S/C20H34N4O2/c1-16(2)12-24-13-17(15-26-19-6-5-7-21-11-19)10-18(14-24)20(25)22-8-9-23(3)4/h5-7,11,16-18H,8-10,12-15H2,1-4H3,(H,22,25)/t17-,18+/m0/s1. The summed E-state index contributed by atoms with van der Waals surface area (Å²) in [5, 5.41) is 3.09. The van der Waals surface area contributed by atoms with Crippen LogP contribution in [0, 0.1) is 17.8 Å². The Morgan fingerprint density at radius 3 is 2.88 bits per heavy atom. The Hall–Kier alpha value is -1.66. The SMILES string of the molecule is CC(C)CN1C[C@@H](COc2cccnc2)C[C@@H](C(=O)NCCN(C)C)C1. The maximum absolute atomic E-state index is 12.6. The number of piperidine rings is 1. The summed E-state index contributed by atoms with van der Waals surface area (Å²) in [5.74, 6) is 1.94. The molecule has 1 N–H and O–H groups in total. The highest BCUT2D eigenvalue weighted by atomic mass is 16.5. The second kappa shape index (κ2) is 10.5. The lowest BCUT2D eigenvalue weighted by Gasteiger charge is -2.38. The van der Waals surface area contributed by atoms with Gasteiger partial charge in [-0.15, -0.1) is 0 Å². The first kappa shape index (κ1) is 20.6. The van der Waals surface area contributed by atoms with Crippen LogP contribution >= 0.6 is 0 Å². The summed E-state index contributed by atoms with van der Waals surface area (Å²) in [6.07, 6.45) is 4.36. The second-order valence-electron chi connectivity index (χ2n) is 8.01. The largest absolute Gasteiger partial charge is 0.492 e. The highest BCUT2D eigenvalue weighted by Gasteiger charge is 2.32. The smallest absolute Gasteiger partial charge is 0.224 e. The summed E-state index contributed by atoms with van der Waals surface area (Å²) in [7, 11) is 4.03. The molecule has 1 amide bonds. The topological polar surface area (TPSA) is 57.7 Å². The second-order valence-corrected chi connectivity index (χ2v) is 8.01. The molecule has 0 spiro atoms. The van der Waals surface area contributed by atoms with Gasteiger partial charge in [-0.25, -0.2) is 0 Å². The zero-order chi connectivity index (χ0) is 18.9. The van der Waals surface area contributed by atoms with Crippen LogP contribution in [0.5, 0.6) is 5.75 Å². The van der Waals surface area contributed by atoms with Crippen LogP contribution in [0.3, 0.4) is 0 Å². The van der Waals surface area contributed by atoms with E-state index >= 15 is 0 Å². The van der Waals surface area contributed by atoms with Crippen molar-refractivity contribution < 1.29 is 9.53 Å². The van der Waals surface area contributed by atoms with E-state index in [1.165, 1.54) is 0 Å². The van der Waals surface area contributed by atoms with Gasteiger partial charge in [0.2, 0.25) is 5.91 Å². The Bertz CT molecular complexity index is 536. The first-order valence-corrected chi connectivity index (χ1v) is 9.61. The summed E-state index contributed by atoms with van der Waals surface area (Å²) < 4.78 is 5.91. The van der Waals surface area contributed by atoms with E-state index in [-0.39, 0.29) is 11.8 Å². The van der Waals surface area contributed by atoms with Crippen LogP contribution in [-0.2, 0) is 4.79 Å². The van der Waals surface area contributed by atoms with Gasteiger partial charge >= 0.3 is 0 Å². The number of nitrogens with zero attached hydrogens (tertiary/aromatic N) is 3. The van der Waals surface area contributed by atoms with E-state index in [1.54, 1.807) is 12.4 Å². The van der Waals surface area contributed by atoms with Crippen molar-refractivity contribution in [3.8, 4) is 5.75 Å². The molecule has 146 valence electrons. The van der Waals surface area contributed by atoms with Crippen LogP contribution in [-0.4, -0.2) is 74.1 Å². The normalized spacial score (nSPS) is 21.2. The van der Waals surface area contributed by atoms with E-state index in [2.05, 4.69) is 33.9 Å². The zero-order valence-electron chi connectivity index (χ0n) is 16.6. The van der Waals surface area contributed by atoms with E-state index in [0.29, 0.717) is 25.0 Å². The molecule has 0 radical (unpaired) electrons. The van der Waals surface area contributed by atoms with E-state index in [1.807, 2.05) is 26.2 Å². The number of hydrogen-bond acceptors (Lipinski definition) is 5. The number of hydrogen-bond donors (Lipinski definition) is 1. The summed E-state index contributed by atoms with van der Waals surface area (Å²) in [6.45, 7) is 9.48. The van der Waals surface area contributed by atoms with Crippen molar-refractivity contribution in [3.05, 3.63) is 24.5 Å². The van der Waals surface area contributed by atoms with Gasteiger partial charge in [-0.1, -0.05) is 13.8 Å². The zero-order valence-corrected chi connectivity index (χ0v) is 16.6. The van der Waals surface area contributed by atoms with Crippen LogP contribution < -0.4 is 10.1 Å². The van der Waals surface area contributed by atoms with Gasteiger partial charge in [-0.3, -0.25) is 9.78 Å². The van der Waals surface area contributed by atoms with Crippen LogP contribution in [0.15, 0.2) is 24.5 Å². The van der Waals surface area contributed by atoms with Crippen LogP contribution in [0.2, 0.25) is 0 Å². The maximum Gasteiger partial charge on any atom is 0.224 e. The van der Waals surface area contributed by atoms with E-state index in [9.17, 15) is 4.79 Å². The minimum Gasteiger partial charge on any atom is -0.492 e. The average Bonchev–Trinajstić information content (AvgIpc) is 2.59. The Labute approximate surface area is 157 Å². The summed E-state index contributed by atoms with van der Waals surface area (Å²) in [5.41, 5.74) is 0. The van der Waals surface area contributed by atoms with Crippen molar-refractivity contribution in [2.75, 3.05) is 53.4 Å². The molecule has 1 aromatic rings. The molecule has 26 heavy (non-hydrogen) atoms. The fourth-order valence-electron chi connectivity index (χ4n) is 3.47. The molecule has 2 heterocycles. The van der Waals surface area contributed by atoms with Crippen LogP contribution in [0.4, 0.5) is 0 Å². The van der Waals surface area contributed by atoms with Crippen molar-refractivity contribution >= 4 is 5.91 Å². The molecule has 0 saturated carbocycles. The molecule has 1 aliphatic heterocycles. The first-order chi connectivity index (χ1) is 12.4. The van der Waals surface area contributed by atoms with Gasteiger partial charge in [0.1, 0.15) is 5.75 Å². The van der Waals surface area contributed by atoms with Gasteiger partial charge in [0.15, 0.2) is 0 Å². The molecule has 1 fully saturated rings. The molecule has 2 rings (SSSR count). The van der Waals surface area contributed by atoms with Crippen LogP contribution in [0.1, 0.15) is 20.3 Å². The van der Waals surface area contributed by atoms with Gasteiger partial charge in [-0.05, 0) is 38.6 Å². The van der Waals surface area contributed by atoms with Gasteiger partial charge in [0.05, 0.1) is 18.7 Å². The minimum atomic E-state index is 0.0344. The van der Waals surface area contributed by atoms with E-state index < -0.39 is 0 Å². The number of aromatic nitrogens is 1. The number of carbonyl (C=O) groups excluding carboxylic acids is 1. The molecular formula is C20H34N4O2. The number of rotatable bonds is 9. The number of amides is 1.